The Bertz CT molecular complexity index is 965. The first-order valence-electron chi connectivity index (χ1n) is 10.2. The topological polar surface area (TPSA) is 96.7 Å². The maximum Gasteiger partial charge on any atom is 0.271 e. The van der Waals surface area contributed by atoms with E-state index in [-0.39, 0.29) is 5.91 Å². The van der Waals surface area contributed by atoms with Crippen LogP contribution >= 0.6 is 11.3 Å². The van der Waals surface area contributed by atoms with E-state index in [4.69, 9.17) is 4.42 Å². The van der Waals surface area contributed by atoms with E-state index in [1.807, 2.05) is 12.1 Å². The van der Waals surface area contributed by atoms with Gasteiger partial charge in [0.15, 0.2) is 0 Å². The maximum absolute atomic E-state index is 12.3. The van der Waals surface area contributed by atoms with Crippen LogP contribution in [0.4, 0.5) is 0 Å². The number of aryl methyl sites for hydroxylation is 1. The highest BCUT2D eigenvalue weighted by molar-refractivity contribution is 7.15. The highest BCUT2D eigenvalue weighted by Gasteiger charge is 2.27. The number of hydrogen-bond acceptors (Lipinski definition) is 6. The number of H-pyrrole nitrogens is 1. The third kappa shape index (κ3) is 4.58. The van der Waals surface area contributed by atoms with Crippen LogP contribution in [0.5, 0.6) is 0 Å². The Morgan fingerprint density at radius 2 is 2.07 bits per heavy atom. The SMILES string of the molecule is Cc1ccc(-c2nnc(C3CCC(CNC(=O)c4cc(C(C)C)[nH]n4)CC3)o2)s1. The van der Waals surface area contributed by atoms with Crippen LogP contribution in [0.3, 0.4) is 0 Å². The molecule has 0 bridgehead atoms. The second-order valence-electron chi connectivity index (χ2n) is 8.15. The quantitative estimate of drug-likeness (QED) is 0.613. The van der Waals surface area contributed by atoms with Gasteiger partial charge in [0.2, 0.25) is 5.89 Å². The molecule has 3 heterocycles. The van der Waals surface area contributed by atoms with Gasteiger partial charge in [0.1, 0.15) is 5.69 Å². The number of carbonyl (C=O) groups is 1. The number of nitrogens with zero attached hydrogens (tertiary/aromatic N) is 3. The highest BCUT2D eigenvalue weighted by Crippen LogP contribution is 2.36. The lowest BCUT2D eigenvalue weighted by molar-refractivity contribution is 0.0937. The fourth-order valence-corrected chi connectivity index (χ4v) is 4.53. The summed E-state index contributed by atoms with van der Waals surface area (Å²) in [6.07, 6.45) is 4.09. The van der Waals surface area contributed by atoms with Crippen molar-refractivity contribution in [3.63, 3.8) is 0 Å². The molecular formula is C21H27N5O2S. The van der Waals surface area contributed by atoms with E-state index in [9.17, 15) is 4.79 Å². The normalized spacial score (nSPS) is 19.6. The van der Waals surface area contributed by atoms with Crippen molar-refractivity contribution in [1.82, 2.24) is 25.7 Å². The zero-order valence-corrected chi connectivity index (χ0v) is 17.9. The zero-order chi connectivity index (χ0) is 20.4. The minimum absolute atomic E-state index is 0.108. The summed E-state index contributed by atoms with van der Waals surface area (Å²) in [5.41, 5.74) is 1.44. The molecule has 0 atom stereocenters. The third-order valence-corrected chi connectivity index (χ3v) is 6.58. The fourth-order valence-electron chi connectivity index (χ4n) is 3.74. The number of hydrogen-bond donors (Lipinski definition) is 2. The first kappa shape index (κ1) is 19.8. The second kappa shape index (κ2) is 8.49. The Labute approximate surface area is 174 Å². The van der Waals surface area contributed by atoms with Gasteiger partial charge < -0.3 is 9.73 Å². The molecule has 29 heavy (non-hydrogen) atoms. The van der Waals surface area contributed by atoms with Crippen LogP contribution < -0.4 is 5.32 Å². The van der Waals surface area contributed by atoms with E-state index in [0.29, 0.717) is 35.9 Å². The van der Waals surface area contributed by atoms with Crippen LogP contribution in [0.25, 0.3) is 10.8 Å². The summed E-state index contributed by atoms with van der Waals surface area (Å²) in [4.78, 5) is 14.6. The average molecular weight is 414 g/mol. The molecule has 8 heteroatoms. The van der Waals surface area contributed by atoms with Crippen LogP contribution in [0.2, 0.25) is 0 Å². The Balaban J connectivity index is 1.26. The third-order valence-electron chi connectivity index (χ3n) is 5.59. The number of aromatic amines is 1. The van der Waals surface area contributed by atoms with E-state index >= 15 is 0 Å². The molecule has 3 aromatic heterocycles. The van der Waals surface area contributed by atoms with E-state index in [1.54, 1.807) is 11.3 Å². The molecule has 4 rings (SSSR count). The molecule has 0 aliphatic heterocycles. The standard InChI is InChI=1S/C21H27N5O2S/c1-12(2)16-10-17(24-23-16)19(27)22-11-14-5-7-15(8-6-14)20-25-26-21(28-20)18-9-4-13(3)29-18/h4,9-10,12,14-15H,5-8,11H2,1-3H3,(H,22,27)(H,23,24). The van der Waals surface area contributed by atoms with Crippen molar-refractivity contribution < 1.29 is 9.21 Å². The van der Waals surface area contributed by atoms with Gasteiger partial charge in [-0.3, -0.25) is 9.89 Å². The molecule has 1 fully saturated rings. The maximum atomic E-state index is 12.3. The van der Waals surface area contributed by atoms with Crippen molar-refractivity contribution in [2.75, 3.05) is 6.54 Å². The monoisotopic (exact) mass is 413 g/mol. The smallest absolute Gasteiger partial charge is 0.271 e. The highest BCUT2D eigenvalue weighted by atomic mass is 32.1. The Kier molecular flexibility index (Phi) is 5.80. The van der Waals surface area contributed by atoms with Crippen LogP contribution in [0.1, 0.15) is 78.3 Å². The predicted molar refractivity (Wildman–Crippen MR) is 112 cm³/mol. The van der Waals surface area contributed by atoms with E-state index in [1.165, 1.54) is 4.88 Å². The van der Waals surface area contributed by atoms with Gasteiger partial charge in [0.25, 0.3) is 11.8 Å². The summed E-state index contributed by atoms with van der Waals surface area (Å²) in [6, 6.07) is 5.93. The minimum Gasteiger partial charge on any atom is -0.420 e. The molecule has 0 saturated heterocycles. The first-order valence-corrected chi connectivity index (χ1v) is 11.0. The molecule has 0 spiro atoms. The van der Waals surface area contributed by atoms with Gasteiger partial charge in [-0.2, -0.15) is 5.10 Å². The molecule has 1 amide bonds. The summed E-state index contributed by atoms with van der Waals surface area (Å²) in [7, 11) is 0. The number of carbonyl (C=O) groups excluding carboxylic acids is 1. The fraction of sp³-hybridized carbons (Fsp3) is 0.524. The van der Waals surface area contributed by atoms with Gasteiger partial charge in [-0.05, 0) is 62.6 Å². The van der Waals surface area contributed by atoms with Gasteiger partial charge in [-0.25, -0.2) is 0 Å². The predicted octanol–water partition coefficient (Wildman–Crippen LogP) is 4.66. The molecule has 0 aromatic carbocycles. The van der Waals surface area contributed by atoms with Gasteiger partial charge in [-0.15, -0.1) is 21.5 Å². The number of nitrogens with one attached hydrogen (secondary N) is 2. The molecule has 1 aliphatic carbocycles. The lowest BCUT2D eigenvalue weighted by Gasteiger charge is -2.26. The number of thiophene rings is 1. The summed E-state index contributed by atoms with van der Waals surface area (Å²) in [5.74, 6) is 2.36. The number of rotatable bonds is 6. The number of amides is 1. The molecule has 1 saturated carbocycles. The molecular weight excluding hydrogens is 386 g/mol. The van der Waals surface area contributed by atoms with Gasteiger partial charge in [-0.1, -0.05) is 13.8 Å². The summed E-state index contributed by atoms with van der Waals surface area (Å²) in [6.45, 7) is 6.89. The van der Waals surface area contributed by atoms with Crippen LogP contribution in [-0.2, 0) is 0 Å². The molecule has 3 aromatic rings. The Hall–Kier alpha value is -2.48. The van der Waals surface area contributed by atoms with Gasteiger partial charge >= 0.3 is 0 Å². The van der Waals surface area contributed by atoms with E-state index in [0.717, 1.165) is 42.1 Å². The Morgan fingerprint density at radius 1 is 1.28 bits per heavy atom. The second-order valence-corrected chi connectivity index (χ2v) is 9.43. The first-order chi connectivity index (χ1) is 14.0. The average Bonchev–Trinajstić information content (AvgIpc) is 3.46. The number of aromatic nitrogens is 4. The molecule has 154 valence electrons. The summed E-state index contributed by atoms with van der Waals surface area (Å²) >= 11 is 1.67. The van der Waals surface area contributed by atoms with E-state index < -0.39 is 0 Å². The molecule has 7 nitrogen and oxygen atoms in total. The lowest BCUT2D eigenvalue weighted by Crippen LogP contribution is -2.31. The van der Waals surface area contributed by atoms with Crippen LogP contribution in [-0.4, -0.2) is 32.8 Å². The van der Waals surface area contributed by atoms with Gasteiger partial charge in [0.05, 0.1) is 4.88 Å². The van der Waals surface area contributed by atoms with Gasteiger partial charge in [0, 0.05) is 23.0 Å². The lowest BCUT2D eigenvalue weighted by atomic mass is 9.82. The minimum atomic E-state index is -0.108. The molecule has 0 radical (unpaired) electrons. The van der Waals surface area contributed by atoms with Crippen molar-refractivity contribution in [3.05, 3.63) is 40.4 Å². The molecule has 2 N–H and O–H groups in total. The largest absolute Gasteiger partial charge is 0.420 e. The van der Waals surface area contributed by atoms with Crippen molar-refractivity contribution in [1.29, 1.82) is 0 Å². The Morgan fingerprint density at radius 3 is 2.72 bits per heavy atom. The van der Waals surface area contributed by atoms with Crippen molar-refractivity contribution in [2.45, 2.75) is 58.3 Å². The summed E-state index contributed by atoms with van der Waals surface area (Å²) < 4.78 is 5.94. The zero-order valence-electron chi connectivity index (χ0n) is 17.1. The summed E-state index contributed by atoms with van der Waals surface area (Å²) in [5, 5.41) is 18.6. The van der Waals surface area contributed by atoms with Crippen LogP contribution in [0, 0.1) is 12.8 Å². The van der Waals surface area contributed by atoms with Crippen molar-refractivity contribution in [3.8, 4) is 10.8 Å². The molecule has 1 aliphatic rings. The van der Waals surface area contributed by atoms with E-state index in [2.05, 4.69) is 52.5 Å². The van der Waals surface area contributed by atoms with Crippen LogP contribution in [0.15, 0.2) is 22.6 Å². The molecule has 0 unspecified atom stereocenters. The van der Waals surface area contributed by atoms with Crippen molar-refractivity contribution >= 4 is 17.2 Å². The van der Waals surface area contributed by atoms with Crippen molar-refractivity contribution in [2.24, 2.45) is 5.92 Å².